The molecule has 0 aromatic carbocycles. The second-order valence-corrected chi connectivity index (χ2v) is 4.50. The number of hydrogen-bond acceptors (Lipinski definition) is 7. The highest BCUT2D eigenvalue weighted by molar-refractivity contribution is 5.37. The summed E-state index contributed by atoms with van der Waals surface area (Å²) in [5.74, 6) is 1.50. The highest BCUT2D eigenvalue weighted by Crippen LogP contribution is 2.13. The first-order valence-corrected chi connectivity index (χ1v) is 6.64. The van der Waals surface area contributed by atoms with E-state index < -0.39 is 0 Å². The molecule has 3 heterocycles. The van der Waals surface area contributed by atoms with Gasteiger partial charge in [-0.05, 0) is 18.9 Å². The fourth-order valence-electron chi connectivity index (χ4n) is 2.06. The third kappa shape index (κ3) is 2.85. The van der Waals surface area contributed by atoms with Crippen molar-refractivity contribution in [2.45, 2.75) is 18.9 Å². The predicted octanol–water partition coefficient (Wildman–Crippen LogP) is 0.690. The molecule has 2 N–H and O–H groups in total. The summed E-state index contributed by atoms with van der Waals surface area (Å²) < 4.78 is 7.16. The molecule has 106 valence electrons. The molecule has 8 heteroatoms. The molecule has 2 aromatic heterocycles. The monoisotopic (exact) mass is 275 g/mol. The standard InChI is InChI=1S/C12H17N7O/c1-13-10-16-11(14-8-9-4-2-7-20-9)18-12(17-10)19-6-3-5-15-19/h3,5-6,9H,2,4,7-8H2,1H3,(H2,13,14,16,17,18). The van der Waals surface area contributed by atoms with E-state index in [1.54, 1.807) is 24.1 Å². The quantitative estimate of drug-likeness (QED) is 0.829. The summed E-state index contributed by atoms with van der Waals surface area (Å²) in [7, 11) is 1.77. The van der Waals surface area contributed by atoms with E-state index in [0.717, 1.165) is 19.4 Å². The average Bonchev–Trinajstić information content (AvgIpc) is 3.17. The van der Waals surface area contributed by atoms with Crippen LogP contribution in [0.3, 0.4) is 0 Å². The minimum atomic E-state index is 0.234. The minimum absolute atomic E-state index is 0.234. The molecular formula is C12H17N7O. The number of rotatable bonds is 5. The van der Waals surface area contributed by atoms with Crippen molar-refractivity contribution in [1.82, 2.24) is 24.7 Å². The van der Waals surface area contributed by atoms with Crippen LogP contribution in [0.2, 0.25) is 0 Å². The van der Waals surface area contributed by atoms with Crippen LogP contribution in [0.25, 0.3) is 5.95 Å². The lowest BCUT2D eigenvalue weighted by Crippen LogP contribution is -2.20. The SMILES string of the molecule is CNc1nc(NCC2CCCO2)nc(-n2cccn2)n1. The van der Waals surface area contributed by atoms with Gasteiger partial charge in [0.05, 0.1) is 6.10 Å². The normalized spacial score (nSPS) is 18.1. The molecule has 0 radical (unpaired) electrons. The third-order valence-electron chi connectivity index (χ3n) is 3.07. The topological polar surface area (TPSA) is 89.8 Å². The van der Waals surface area contributed by atoms with Gasteiger partial charge in [-0.2, -0.15) is 20.1 Å². The first kappa shape index (κ1) is 12.8. The maximum absolute atomic E-state index is 5.57. The fourth-order valence-corrected chi connectivity index (χ4v) is 2.06. The van der Waals surface area contributed by atoms with Crippen molar-refractivity contribution in [1.29, 1.82) is 0 Å². The van der Waals surface area contributed by atoms with Crippen molar-refractivity contribution >= 4 is 11.9 Å². The van der Waals surface area contributed by atoms with E-state index in [1.807, 2.05) is 6.07 Å². The summed E-state index contributed by atoms with van der Waals surface area (Å²) in [4.78, 5) is 12.9. The van der Waals surface area contributed by atoms with Gasteiger partial charge in [-0.3, -0.25) is 0 Å². The fraction of sp³-hybridized carbons (Fsp3) is 0.500. The van der Waals surface area contributed by atoms with E-state index in [-0.39, 0.29) is 6.10 Å². The number of anilines is 2. The summed E-state index contributed by atoms with van der Waals surface area (Å²) in [5, 5.41) is 10.2. The van der Waals surface area contributed by atoms with Crippen LogP contribution < -0.4 is 10.6 Å². The van der Waals surface area contributed by atoms with Gasteiger partial charge in [0.25, 0.3) is 5.95 Å². The number of nitrogens with zero attached hydrogens (tertiary/aromatic N) is 5. The van der Waals surface area contributed by atoms with E-state index in [0.29, 0.717) is 24.4 Å². The molecule has 1 unspecified atom stereocenters. The van der Waals surface area contributed by atoms with Gasteiger partial charge in [-0.15, -0.1) is 0 Å². The molecule has 2 aromatic rings. The van der Waals surface area contributed by atoms with Crippen molar-refractivity contribution < 1.29 is 4.74 Å². The molecule has 1 aliphatic rings. The van der Waals surface area contributed by atoms with Gasteiger partial charge in [-0.1, -0.05) is 0 Å². The first-order chi connectivity index (χ1) is 9.85. The lowest BCUT2D eigenvalue weighted by Gasteiger charge is -2.12. The van der Waals surface area contributed by atoms with Gasteiger partial charge < -0.3 is 15.4 Å². The molecule has 0 spiro atoms. The molecule has 1 fully saturated rings. The van der Waals surface area contributed by atoms with Crippen LogP contribution >= 0.6 is 0 Å². The zero-order valence-electron chi connectivity index (χ0n) is 11.3. The van der Waals surface area contributed by atoms with Crippen LogP contribution in [-0.2, 0) is 4.74 Å². The van der Waals surface area contributed by atoms with Crippen molar-refractivity contribution in [3.63, 3.8) is 0 Å². The van der Waals surface area contributed by atoms with E-state index in [4.69, 9.17) is 4.74 Å². The van der Waals surface area contributed by atoms with Crippen molar-refractivity contribution in [3.05, 3.63) is 18.5 Å². The van der Waals surface area contributed by atoms with Gasteiger partial charge >= 0.3 is 0 Å². The summed E-state index contributed by atoms with van der Waals surface area (Å²) in [6.07, 6.45) is 5.89. The second kappa shape index (κ2) is 5.83. The van der Waals surface area contributed by atoms with Gasteiger partial charge in [0, 0.05) is 32.6 Å². The molecule has 0 aliphatic carbocycles. The number of nitrogens with one attached hydrogen (secondary N) is 2. The van der Waals surface area contributed by atoms with Crippen molar-refractivity contribution in [3.8, 4) is 5.95 Å². The Kier molecular flexibility index (Phi) is 3.73. The summed E-state index contributed by atoms with van der Waals surface area (Å²) in [6.45, 7) is 1.54. The number of hydrogen-bond donors (Lipinski definition) is 2. The average molecular weight is 275 g/mol. The van der Waals surface area contributed by atoms with Gasteiger partial charge in [-0.25, -0.2) is 4.68 Å². The molecule has 1 saturated heterocycles. The van der Waals surface area contributed by atoms with E-state index in [1.165, 1.54) is 0 Å². The maximum atomic E-state index is 5.57. The largest absolute Gasteiger partial charge is 0.376 e. The Balaban J connectivity index is 1.77. The molecule has 3 rings (SSSR count). The molecule has 0 amide bonds. The highest BCUT2D eigenvalue weighted by Gasteiger charge is 2.16. The molecule has 1 aliphatic heterocycles. The predicted molar refractivity (Wildman–Crippen MR) is 74.0 cm³/mol. The summed E-state index contributed by atoms with van der Waals surface area (Å²) in [5.41, 5.74) is 0. The minimum Gasteiger partial charge on any atom is -0.376 e. The van der Waals surface area contributed by atoms with Gasteiger partial charge in [0.15, 0.2) is 0 Å². The Hall–Kier alpha value is -2.22. The zero-order valence-corrected chi connectivity index (χ0v) is 11.3. The first-order valence-electron chi connectivity index (χ1n) is 6.64. The Morgan fingerprint density at radius 2 is 2.25 bits per heavy atom. The Labute approximate surface area is 116 Å². The Morgan fingerprint density at radius 1 is 1.35 bits per heavy atom. The second-order valence-electron chi connectivity index (χ2n) is 4.50. The third-order valence-corrected chi connectivity index (χ3v) is 3.07. The lowest BCUT2D eigenvalue weighted by atomic mass is 10.2. The van der Waals surface area contributed by atoms with E-state index >= 15 is 0 Å². The molecular weight excluding hydrogens is 258 g/mol. The van der Waals surface area contributed by atoms with Crippen LogP contribution in [-0.4, -0.2) is 51.0 Å². The Bertz CT molecular complexity index is 551. The molecule has 0 bridgehead atoms. The van der Waals surface area contributed by atoms with Crippen LogP contribution in [0.1, 0.15) is 12.8 Å². The van der Waals surface area contributed by atoms with Crippen LogP contribution in [0.4, 0.5) is 11.9 Å². The van der Waals surface area contributed by atoms with Gasteiger partial charge in [0.1, 0.15) is 0 Å². The number of ether oxygens (including phenoxy) is 1. The molecule has 0 saturated carbocycles. The van der Waals surface area contributed by atoms with Crippen molar-refractivity contribution in [2.75, 3.05) is 30.8 Å². The lowest BCUT2D eigenvalue weighted by molar-refractivity contribution is 0.120. The van der Waals surface area contributed by atoms with Crippen molar-refractivity contribution in [2.24, 2.45) is 0 Å². The summed E-state index contributed by atoms with van der Waals surface area (Å²) in [6, 6.07) is 1.82. The Morgan fingerprint density at radius 3 is 2.95 bits per heavy atom. The maximum Gasteiger partial charge on any atom is 0.257 e. The van der Waals surface area contributed by atoms with Crippen LogP contribution in [0, 0.1) is 0 Å². The summed E-state index contributed by atoms with van der Waals surface area (Å²) >= 11 is 0. The smallest absolute Gasteiger partial charge is 0.257 e. The van der Waals surface area contributed by atoms with E-state index in [9.17, 15) is 0 Å². The van der Waals surface area contributed by atoms with Crippen LogP contribution in [0.5, 0.6) is 0 Å². The van der Waals surface area contributed by atoms with Gasteiger partial charge in [0.2, 0.25) is 11.9 Å². The molecule has 8 nitrogen and oxygen atoms in total. The van der Waals surface area contributed by atoms with Crippen LogP contribution in [0.15, 0.2) is 18.5 Å². The highest BCUT2D eigenvalue weighted by atomic mass is 16.5. The number of aromatic nitrogens is 5. The molecule has 20 heavy (non-hydrogen) atoms. The zero-order chi connectivity index (χ0) is 13.8. The molecule has 1 atom stereocenters. The van der Waals surface area contributed by atoms with E-state index in [2.05, 4.69) is 30.7 Å².